The van der Waals surface area contributed by atoms with E-state index < -0.39 is 10.1 Å². The van der Waals surface area contributed by atoms with Crippen molar-refractivity contribution in [2.45, 2.75) is 30.9 Å². The van der Waals surface area contributed by atoms with E-state index in [1.165, 1.54) is 0 Å². The van der Waals surface area contributed by atoms with Crippen LogP contribution in [-0.2, 0) is 10.1 Å². The van der Waals surface area contributed by atoms with E-state index in [1.54, 1.807) is 12.1 Å². The van der Waals surface area contributed by atoms with E-state index >= 15 is 0 Å². The number of pyridine rings is 1. The Kier molecular flexibility index (Phi) is 2.82. The quantitative estimate of drug-likeness (QED) is 0.472. The fourth-order valence-corrected chi connectivity index (χ4v) is 4.47. The number of aromatic nitrogens is 1. The van der Waals surface area contributed by atoms with Gasteiger partial charge >= 0.3 is 0 Å². The number of nitrogens with one attached hydrogen (secondary N) is 1. The van der Waals surface area contributed by atoms with Gasteiger partial charge in [-0.2, -0.15) is 0 Å². The minimum Gasteiger partial charge on any atom is -0.269 e. The summed E-state index contributed by atoms with van der Waals surface area (Å²) in [6, 6.07) is 3.30. The predicted octanol–water partition coefficient (Wildman–Crippen LogP) is 2.72. The average molecular weight is 281 g/mol. The lowest BCUT2D eigenvalue weighted by Crippen LogP contribution is -2.26. The van der Waals surface area contributed by atoms with Crippen LogP contribution >= 0.6 is 23.2 Å². The van der Waals surface area contributed by atoms with Crippen LogP contribution < -0.4 is 4.72 Å². The third-order valence-corrected chi connectivity index (χ3v) is 6.69. The van der Waals surface area contributed by atoms with Gasteiger partial charge in [0, 0.05) is 4.75 Å². The van der Waals surface area contributed by atoms with Gasteiger partial charge in [0.15, 0.2) is 0 Å². The maximum atomic E-state index is 12.5. The zero-order valence-corrected chi connectivity index (χ0v) is 11.7. The van der Waals surface area contributed by atoms with E-state index in [4.69, 9.17) is 23.2 Å². The molecule has 1 saturated heterocycles. The number of rotatable bonds is 1. The second kappa shape index (κ2) is 3.67. The molecule has 0 aliphatic carbocycles. The Morgan fingerprint density at radius 2 is 2.00 bits per heavy atom. The van der Waals surface area contributed by atoms with Crippen LogP contribution in [0.5, 0.6) is 0 Å². The van der Waals surface area contributed by atoms with Crippen LogP contribution in [0.25, 0.3) is 0 Å². The minimum atomic E-state index is -2.43. The van der Waals surface area contributed by atoms with E-state index in [9.17, 15) is 4.21 Å². The molecule has 0 aromatic carbocycles. The van der Waals surface area contributed by atoms with E-state index in [0.29, 0.717) is 15.9 Å². The van der Waals surface area contributed by atoms with Gasteiger partial charge in [0.25, 0.3) is 0 Å². The van der Waals surface area contributed by atoms with Crippen LogP contribution in [-0.4, -0.2) is 13.9 Å². The van der Waals surface area contributed by atoms with Crippen LogP contribution in [0, 0.1) is 0 Å². The standard InChI is InChI=1S/C10H14Cl2N2OS/c1-10(2,3)16(15)9(14-16)8-6(11)4-5-7(12)13-8/h4-5,9,16H,1-3H3,(H,14,15). The van der Waals surface area contributed by atoms with Gasteiger partial charge in [-0.3, -0.25) is 4.21 Å². The first kappa shape index (κ1) is 12.3. The Bertz CT molecular complexity index is 484. The predicted molar refractivity (Wildman–Crippen MR) is 69.4 cm³/mol. The van der Waals surface area contributed by atoms with Crippen LogP contribution in [0.2, 0.25) is 10.2 Å². The van der Waals surface area contributed by atoms with E-state index in [0.717, 1.165) is 0 Å². The molecule has 3 nitrogen and oxygen atoms in total. The fourth-order valence-electron chi connectivity index (χ4n) is 1.59. The number of thiol groups is 1. The average Bonchev–Trinajstić information content (AvgIpc) is 2.83. The Hall–Kier alpha value is -0.160. The van der Waals surface area contributed by atoms with Crippen molar-refractivity contribution < 1.29 is 4.21 Å². The molecule has 1 N–H and O–H groups in total. The summed E-state index contributed by atoms with van der Waals surface area (Å²) in [7, 11) is -2.43. The zero-order chi connectivity index (χ0) is 12.1. The van der Waals surface area contributed by atoms with Crippen LogP contribution in [0.4, 0.5) is 0 Å². The van der Waals surface area contributed by atoms with Gasteiger partial charge in [-0.25, -0.2) is 9.71 Å². The van der Waals surface area contributed by atoms with Crippen molar-refractivity contribution >= 4 is 33.3 Å². The van der Waals surface area contributed by atoms with Gasteiger partial charge in [-0.15, -0.1) is 0 Å². The van der Waals surface area contributed by atoms with Crippen molar-refractivity contribution in [3.8, 4) is 0 Å². The SMILES string of the molecule is CC(C)(C)[SH]1(=O)NC1c1nc(Cl)ccc1Cl. The molecule has 16 heavy (non-hydrogen) atoms. The summed E-state index contributed by atoms with van der Waals surface area (Å²) in [5.74, 6) is 0. The molecule has 2 heterocycles. The van der Waals surface area contributed by atoms with Gasteiger partial charge in [0.2, 0.25) is 0 Å². The van der Waals surface area contributed by atoms with E-state index in [2.05, 4.69) is 9.71 Å². The number of hydrogen-bond acceptors (Lipinski definition) is 2. The first-order chi connectivity index (χ1) is 7.25. The van der Waals surface area contributed by atoms with Gasteiger partial charge < -0.3 is 0 Å². The topological polar surface area (TPSA) is 51.9 Å². The molecule has 1 fully saturated rings. The summed E-state index contributed by atoms with van der Waals surface area (Å²) in [4.78, 5) is 4.14. The molecule has 1 aliphatic heterocycles. The summed E-state index contributed by atoms with van der Waals surface area (Å²) < 4.78 is 15.2. The Morgan fingerprint density at radius 1 is 1.38 bits per heavy atom. The molecule has 6 heteroatoms. The molecule has 0 radical (unpaired) electrons. The second-order valence-corrected chi connectivity index (χ2v) is 9.09. The van der Waals surface area contributed by atoms with Crippen molar-refractivity contribution in [3.05, 3.63) is 28.0 Å². The lowest BCUT2D eigenvalue weighted by atomic mass is 10.3. The third kappa shape index (κ3) is 1.88. The fraction of sp³-hybridized carbons (Fsp3) is 0.500. The number of halogens is 2. The third-order valence-electron chi connectivity index (χ3n) is 2.70. The molecule has 1 aromatic rings. The molecule has 2 rings (SSSR count). The largest absolute Gasteiger partial charge is 0.269 e. The van der Waals surface area contributed by atoms with Crippen molar-refractivity contribution in [2.75, 3.05) is 0 Å². The summed E-state index contributed by atoms with van der Waals surface area (Å²) >= 11 is 11.8. The van der Waals surface area contributed by atoms with E-state index in [1.807, 2.05) is 20.8 Å². The summed E-state index contributed by atoms with van der Waals surface area (Å²) in [6.07, 6.45) is 0. The molecule has 1 unspecified atom stereocenters. The van der Waals surface area contributed by atoms with E-state index in [-0.39, 0.29) is 10.1 Å². The first-order valence-corrected chi connectivity index (χ1v) is 7.48. The Labute approximate surface area is 106 Å². The maximum Gasteiger partial charge on any atom is 0.129 e. The lowest BCUT2D eigenvalue weighted by molar-refractivity contribution is 0.646. The molecule has 0 amide bonds. The molecule has 1 aromatic heterocycles. The normalized spacial score (nSPS) is 25.2. The van der Waals surface area contributed by atoms with Crippen molar-refractivity contribution in [3.63, 3.8) is 0 Å². The molecule has 1 aliphatic rings. The molecular weight excluding hydrogens is 267 g/mol. The molecule has 0 spiro atoms. The molecular formula is C10H14Cl2N2OS. The first-order valence-electron chi connectivity index (χ1n) is 4.95. The highest BCUT2D eigenvalue weighted by molar-refractivity contribution is 8.08. The summed E-state index contributed by atoms with van der Waals surface area (Å²) in [5.41, 5.74) is 0.590. The lowest BCUT2D eigenvalue weighted by Gasteiger charge is -2.20. The van der Waals surface area contributed by atoms with Gasteiger partial charge in [0.1, 0.15) is 10.5 Å². The minimum absolute atomic E-state index is 0.251. The number of nitrogens with zero attached hydrogens (tertiary/aromatic N) is 1. The van der Waals surface area contributed by atoms with Crippen LogP contribution in [0.1, 0.15) is 31.8 Å². The monoisotopic (exact) mass is 280 g/mol. The Balaban J connectivity index is 2.37. The highest BCUT2D eigenvalue weighted by Crippen LogP contribution is 2.48. The highest BCUT2D eigenvalue weighted by Gasteiger charge is 2.53. The van der Waals surface area contributed by atoms with Gasteiger partial charge in [-0.1, -0.05) is 23.2 Å². The molecule has 0 bridgehead atoms. The van der Waals surface area contributed by atoms with Gasteiger partial charge in [-0.05, 0) is 43.0 Å². The van der Waals surface area contributed by atoms with Crippen molar-refractivity contribution in [1.82, 2.24) is 9.71 Å². The summed E-state index contributed by atoms with van der Waals surface area (Å²) in [5, 5.41) is 0.621. The molecule has 0 saturated carbocycles. The molecule has 90 valence electrons. The number of hydrogen-bond donors (Lipinski definition) is 2. The summed E-state index contributed by atoms with van der Waals surface area (Å²) in [6.45, 7) is 5.83. The van der Waals surface area contributed by atoms with Crippen molar-refractivity contribution in [1.29, 1.82) is 0 Å². The second-order valence-electron chi connectivity index (χ2n) is 4.86. The molecule has 1 atom stereocenters. The maximum absolute atomic E-state index is 12.5. The van der Waals surface area contributed by atoms with Crippen LogP contribution in [0.15, 0.2) is 12.1 Å². The van der Waals surface area contributed by atoms with Crippen LogP contribution in [0.3, 0.4) is 0 Å². The Morgan fingerprint density at radius 3 is 2.50 bits per heavy atom. The van der Waals surface area contributed by atoms with Gasteiger partial charge in [0.05, 0.1) is 10.7 Å². The zero-order valence-electron chi connectivity index (χ0n) is 9.29. The smallest absolute Gasteiger partial charge is 0.129 e. The van der Waals surface area contributed by atoms with Crippen molar-refractivity contribution in [2.24, 2.45) is 0 Å². The highest BCUT2D eigenvalue weighted by atomic mass is 35.5.